The Morgan fingerprint density at radius 2 is 2.07 bits per heavy atom. The summed E-state index contributed by atoms with van der Waals surface area (Å²) in [5, 5.41) is 16.5. The second-order valence-corrected chi connectivity index (χ2v) is 9.65. The van der Waals surface area contributed by atoms with Gasteiger partial charge in [0.05, 0.1) is 5.56 Å². The Morgan fingerprint density at radius 3 is 2.90 bits per heavy atom. The van der Waals surface area contributed by atoms with Gasteiger partial charge in [-0.05, 0) is 44.2 Å². The number of carbonyl (C=O) groups is 1. The number of amides is 1. The van der Waals surface area contributed by atoms with E-state index in [1.54, 1.807) is 22.7 Å². The maximum atomic E-state index is 12.6. The molecule has 1 aliphatic carbocycles. The number of nitrogens with zero attached hydrogens (tertiary/aromatic N) is 4. The second-order valence-electron chi connectivity index (χ2n) is 7.68. The first-order valence-corrected chi connectivity index (χ1v) is 12.2. The molecule has 8 heteroatoms. The van der Waals surface area contributed by atoms with Crippen molar-refractivity contribution in [3.05, 3.63) is 27.6 Å². The molecule has 1 amide bonds. The highest BCUT2D eigenvalue weighted by Gasteiger charge is 2.22. The quantitative estimate of drug-likeness (QED) is 0.730. The smallest absolute Gasteiger partial charge is 0.226 e. The summed E-state index contributed by atoms with van der Waals surface area (Å²) in [6, 6.07) is 2.34. The Balaban J connectivity index is 1.30. The van der Waals surface area contributed by atoms with E-state index in [1.807, 2.05) is 11.6 Å². The van der Waals surface area contributed by atoms with Crippen molar-refractivity contribution in [1.29, 1.82) is 5.26 Å². The summed E-state index contributed by atoms with van der Waals surface area (Å²) in [6.45, 7) is 4.67. The molecule has 1 fully saturated rings. The number of hydrogen-bond acceptors (Lipinski definition) is 7. The molecule has 2 aromatic rings. The van der Waals surface area contributed by atoms with Gasteiger partial charge in [-0.2, -0.15) is 5.26 Å². The number of thiophene rings is 1. The Bertz CT molecular complexity index is 871. The number of anilines is 2. The van der Waals surface area contributed by atoms with Gasteiger partial charge in [0.15, 0.2) is 5.13 Å². The Kier molecular flexibility index (Phi) is 6.80. The second kappa shape index (κ2) is 9.70. The highest BCUT2D eigenvalue weighted by atomic mass is 32.1. The zero-order chi connectivity index (χ0) is 20.1. The molecule has 1 aliphatic heterocycles. The van der Waals surface area contributed by atoms with Crippen molar-refractivity contribution in [2.75, 3.05) is 42.9 Å². The maximum absolute atomic E-state index is 12.6. The summed E-state index contributed by atoms with van der Waals surface area (Å²) in [6.07, 6.45) is 8.94. The Morgan fingerprint density at radius 1 is 1.17 bits per heavy atom. The number of aromatic nitrogens is 1. The third-order valence-electron chi connectivity index (χ3n) is 5.72. The highest BCUT2D eigenvalue weighted by Crippen LogP contribution is 2.37. The van der Waals surface area contributed by atoms with Crippen LogP contribution in [0.5, 0.6) is 0 Å². The summed E-state index contributed by atoms with van der Waals surface area (Å²) in [5.41, 5.74) is 1.88. The molecule has 0 spiro atoms. The molecule has 1 N–H and O–H groups in total. The van der Waals surface area contributed by atoms with Gasteiger partial charge in [-0.15, -0.1) is 22.7 Å². The summed E-state index contributed by atoms with van der Waals surface area (Å²) in [5.74, 6) is 0.0129. The molecule has 0 atom stereocenters. The van der Waals surface area contributed by atoms with Crippen LogP contribution in [0.25, 0.3) is 0 Å². The first-order chi connectivity index (χ1) is 14.2. The first-order valence-electron chi connectivity index (χ1n) is 10.5. The Labute approximate surface area is 180 Å². The molecular weight excluding hydrogens is 402 g/mol. The third kappa shape index (κ3) is 4.97. The molecule has 0 bridgehead atoms. The average molecular weight is 430 g/mol. The number of fused-ring (bicyclic) bond motifs is 1. The standard InChI is InChI=1S/C21H27N5OS2/c22-15-17-16-5-2-1-3-6-18(16)29-20(17)24-19(27)7-11-25-9-4-10-26(13-12-25)21-23-8-14-28-21/h8,14H,1-7,9-13H2,(H,24,27). The molecule has 2 aliphatic rings. The monoisotopic (exact) mass is 429 g/mol. The van der Waals surface area contributed by atoms with E-state index < -0.39 is 0 Å². The summed E-state index contributed by atoms with van der Waals surface area (Å²) >= 11 is 3.29. The van der Waals surface area contributed by atoms with E-state index in [-0.39, 0.29) is 5.91 Å². The van der Waals surface area contributed by atoms with Crippen LogP contribution in [0, 0.1) is 11.3 Å². The molecule has 0 aromatic carbocycles. The van der Waals surface area contributed by atoms with E-state index in [2.05, 4.69) is 26.2 Å². The van der Waals surface area contributed by atoms with Crippen LogP contribution in [0.1, 0.15) is 48.1 Å². The van der Waals surface area contributed by atoms with E-state index in [4.69, 9.17) is 0 Å². The van der Waals surface area contributed by atoms with Gasteiger partial charge in [0.2, 0.25) is 5.91 Å². The largest absolute Gasteiger partial charge is 0.347 e. The number of thiazole rings is 1. The number of nitriles is 1. The SMILES string of the molecule is N#Cc1c(NC(=O)CCN2CCCN(c3nccs3)CC2)sc2c1CCCCC2. The van der Waals surface area contributed by atoms with Gasteiger partial charge < -0.3 is 15.1 Å². The normalized spacial score (nSPS) is 17.8. The average Bonchev–Trinajstić information content (AvgIpc) is 3.21. The molecule has 3 heterocycles. The fourth-order valence-electron chi connectivity index (χ4n) is 4.16. The van der Waals surface area contributed by atoms with E-state index in [0.29, 0.717) is 12.0 Å². The van der Waals surface area contributed by atoms with Crippen LogP contribution in [0.15, 0.2) is 11.6 Å². The van der Waals surface area contributed by atoms with Gasteiger partial charge in [-0.3, -0.25) is 4.79 Å². The Hall–Kier alpha value is -1.95. The van der Waals surface area contributed by atoms with Gasteiger partial charge in [-0.25, -0.2) is 4.98 Å². The topological polar surface area (TPSA) is 72.3 Å². The zero-order valence-electron chi connectivity index (χ0n) is 16.7. The molecule has 4 rings (SSSR count). The third-order valence-corrected chi connectivity index (χ3v) is 7.76. The molecule has 29 heavy (non-hydrogen) atoms. The number of aryl methyl sites for hydroxylation is 1. The van der Waals surface area contributed by atoms with Crippen molar-refractivity contribution in [3.8, 4) is 6.07 Å². The van der Waals surface area contributed by atoms with E-state index in [1.165, 1.54) is 23.3 Å². The number of rotatable bonds is 5. The van der Waals surface area contributed by atoms with Crippen molar-refractivity contribution >= 4 is 38.7 Å². The maximum Gasteiger partial charge on any atom is 0.226 e. The summed E-state index contributed by atoms with van der Waals surface area (Å²) in [7, 11) is 0. The molecule has 1 saturated heterocycles. The van der Waals surface area contributed by atoms with E-state index in [0.717, 1.165) is 68.5 Å². The molecule has 0 saturated carbocycles. The van der Waals surface area contributed by atoms with Crippen LogP contribution in [0.2, 0.25) is 0 Å². The molecule has 154 valence electrons. The molecule has 2 aromatic heterocycles. The van der Waals surface area contributed by atoms with E-state index in [9.17, 15) is 10.1 Å². The fraction of sp³-hybridized carbons (Fsp3) is 0.571. The number of nitrogens with one attached hydrogen (secondary N) is 1. The first kappa shape index (κ1) is 20.3. The summed E-state index contributed by atoms with van der Waals surface area (Å²) < 4.78 is 0. The van der Waals surface area contributed by atoms with Crippen LogP contribution in [-0.4, -0.2) is 48.5 Å². The van der Waals surface area contributed by atoms with Gasteiger partial charge in [0.25, 0.3) is 0 Å². The highest BCUT2D eigenvalue weighted by molar-refractivity contribution is 7.16. The molecular formula is C21H27N5OS2. The van der Waals surface area contributed by atoms with Crippen molar-refractivity contribution in [2.45, 2.75) is 44.9 Å². The minimum absolute atomic E-state index is 0.0129. The summed E-state index contributed by atoms with van der Waals surface area (Å²) in [4.78, 5) is 23.0. The van der Waals surface area contributed by atoms with Gasteiger partial charge >= 0.3 is 0 Å². The van der Waals surface area contributed by atoms with Crippen molar-refractivity contribution < 1.29 is 4.79 Å². The minimum Gasteiger partial charge on any atom is -0.347 e. The molecule has 0 unspecified atom stereocenters. The van der Waals surface area contributed by atoms with Gasteiger partial charge in [0.1, 0.15) is 11.1 Å². The lowest BCUT2D eigenvalue weighted by molar-refractivity contribution is -0.116. The van der Waals surface area contributed by atoms with Gasteiger partial charge in [-0.1, -0.05) is 6.42 Å². The van der Waals surface area contributed by atoms with Crippen molar-refractivity contribution in [3.63, 3.8) is 0 Å². The van der Waals surface area contributed by atoms with Crippen LogP contribution in [0.4, 0.5) is 10.1 Å². The van der Waals surface area contributed by atoms with Crippen LogP contribution < -0.4 is 10.2 Å². The number of carbonyl (C=O) groups excluding carboxylic acids is 1. The van der Waals surface area contributed by atoms with Crippen LogP contribution >= 0.6 is 22.7 Å². The van der Waals surface area contributed by atoms with Gasteiger partial charge in [0, 0.05) is 49.1 Å². The van der Waals surface area contributed by atoms with Crippen molar-refractivity contribution in [1.82, 2.24) is 9.88 Å². The van der Waals surface area contributed by atoms with Crippen LogP contribution in [0.3, 0.4) is 0 Å². The predicted octanol–water partition coefficient (Wildman–Crippen LogP) is 3.89. The lowest BCUT2D eigenvalue weighted by Gasteiger charge is -2.21. The lowest BCUT2D eigenvalue weighted by Crippen LogP contribution is -2.32. The van der Waals surface area contributed by atoms with Crippen LogP contribution in [-0.2, 0) is 17.6 Å². The predicted molar refractivity (Wildman–Crippen MR) is 119 cm³/mol. The molecule has 6 nitrogen and oxygen atoms in total. The zero-order valence-corrected chi connectivity index (χ0v) is 18.3. The molecule has 0 radical (unpaired) electrons. The van der Waals surface area contributed by atoms with Crippen molar-refractivity contribution in [2.24, 2.45) is 0 Å². The fourth-order valence-corrected chi connectivity index (χ4v) is 6.11. The minimum atomic E-state index is 0.0129. The van der Waals surface area contributed by atoms with E-state index >= 15 is 0 Å². The number of hydrogen-bond donors (Lipinski definition) is 1. The lowest BCUT2D eigenvalue weighted by atomic mass is 10.1.